The van der Waals surface area contributed by atoms with Gasteiger partial charge in [0.2, 0.25) is 5.91 Å². The molecule has 5 heteroatoms. The molecule has 0 heterocycles. The summed E-state index contributed by atoms with van der Waals surface area (Å²) in [5.74, 6) is 0.0588. The van der Waals surface area contributed by atoms with Gasteiger partial charge in [-0.25, -0.2) is 0 Å². The molecule has 4 N–H and O–H groups in total. The van der Waals surface area contributed by atoms with Gasteiger partial charge in [0.25, 0.3) is 0 Å². The average Bonchev–Trinajstić information content (AvgIpc) is 2.33. The van der Waals surface area contributed by atoms with E-state index in [4.69, 9.17) is 17.3 Å². The number of nitrogen functional groups attached to an aromatic ring is 1. The van der Waals surface area contributed by atoms with Gasteiger partial charge < -0.3 is 16.4 Å². The molecule has 0 unspecified atom stereocenters. The van der Waals surface area contributed by atoms with Gasteiger partial charge in [-0.05, 0) is 31.0 Å². The third-order valence-corrected chi connectivity index (χ3v) is 2.91. The van der Waals surface area contributed by atoms with Crippen molar-refractivity contribution >= 4 is 28.9 Å². The van der Waals surface area contributed by atoms with E-state index in [1.807, 2.05) is 19.9 Å². The van der Waals surface area contributed by atoms with Crippen LogP contribution in [-0.2, 0) is 4.79 Å². The highest BCUT2D eigenvalue weighted by atomic mass is 35.5. The highest BCUT2D eigenvalue weighted by Crippen LogP contribution is 2.26. The molecule has 0 aliphatic heterocycles. The summed E-state index contributed by atoms with van der Waals surface area (Å²) >= 11 is 5.95. The third kappa shape index (κ3) is 4.45. The molecule has 0 radical (unpaired) electrons. The van der Waals surface area contributed by atoms with Gasteiger partial charge in [-0.1, -0.05) is 18.5 Å². The van der Waals surface area contributed by atoms with Crippen molar-refractivity contribution < 1.29 is 4.79 Å². The highest BCUT2D eigenvalue weighted by molar-refractivity contribution is 6.33. The van der Waals surface area contributed by atoms with Crippen molar-refractivity contribution in [1.29, 1.82) is 0 Å². The summed E-state index contributed by atoms with van der Waals surface area (Å²) in [4.78, 5) is 11.4. The van der Waals surface area contributed by atoms with Crippen LogP contribution < -0.4 is 16.4 Å². The number of benzene rings is 1. The van der Waals surface area contributed by atoms with Crippen molar-refractivity contribution in [1.82, 2.24) is 5.32 Å². The largest absolute Gasteiger partial charge is 0.398 e. The van der Waals surface area contributed by atoms with Crippen molar-refractivity contribution in [2.75, 3.05) is 24.1 Å². The standard InChI is InChI=1S/C13H20ClN3O/c1-3-5-17-13(18)4-6-16-12-8-10(14)11(15)7-9(12)2/h7-8,16H,3-6,15H2,1-2H3,(H,17,18). The van der Waals surface area contributed by atoms with Gasteiger partial charge in [-0.2, -0.15) is 0 Å². The lowest BCUT2D eigenvalue weighted by Gasteiger charge is -2.11. The fourth-order valence-electron chi connectivity index (χ4n) is 1.56. The molecule has 0 saturated heterocycles. The zero-order valence-electron chi connectivity index (χ0n) is 10.8. The number of aryl methyl sites for hydroxylation is 1. The molecule has 0 atom stereocenters. The molecular weight excluding hydrogens is 250 g/mol. The van der Waals surface area contributed by atoms with E-state index in [9.17, 15) is 4.79 Å². The molecule has 0 aliphatic carbocycles. The number of carbonyl (C=O) groups is 1. The summed E-state index contributed by atoms with van der Waals surface area (Å²) < 4.78 is 0. The minimum absolute atomic E-state index is 0.0588. The number of hydrogen-bond donors (Lipinski definition) is 3. The average molecular weight is 270 g/mol. The molecule has 0 aromatic heterocycles. The number of carbonyl (C=O) groups excluding carboxylic acids is 1. The zero-order valence-corrected chi connectivity index (χ0v) is 11.6. The van der Waals surface area contributed by atoms with Crippen LogP contribution in [0.2, 0.25) is 5.02 Å². The van der Waals surface area contributed by atoms with Gasteiger partial charge in [0.1, 0.15) is 0 Å². The summed E-state index contributed by atoms with van der Waals surface area (Å²) in [6.07, 6.45) is 1.40. The lowest BCUT2D eigenvalue weighted by atomic mass is 10.1. The van der Waals surface area contributed by atoms with E-state index >= 15 is 0 Å². The minimum atomic E-state index is 0.0588. The second-order valence-corrected chi connectivity index (χ2v) is 4.62. The predicted molar refractivity (Wildman–Crippen MR) is 77.0 cm³/mol. The topological polar surface area (TPSA) is 67.2 Å². The molecule has 100 valence electrons. The van der Waals surface area contributed by atoms with Gasteiger partial charge in [0, 0.05) is 25.2 Å². The smallest absolute Gasteiger partial charge is 0.221 e. The van der Waals surface area contributed by atoms with Crippen molar-refractivity contribution in [2.24, 2.45) is 0 Å². The number of amides is 1. The first-order valence-electron chi connectivity index (χ1n) is 6.10. The van der Waals surface area contributed by atoms with Crippen LogP contribution in [0.1, 0.15) is 25.3 Å². The Hall–Kier alpha value is -1.42. The molecule has 1 aromatic carbocycles. The first-order valence-corrected chi connectivity index (χ1v) is 6.48. The molecule has 18 heavy (non-hydrogen) atoms. The van der Waals surface area contributed by atoms with Gasteiger partial charge in [0.15, 0.2) is 0 Å². The Morgan fingerprint density at radius 1 is 1.39 bits per heavy atom. The highest BCUT2D eigenvalue weighted by Gasteiger charge is 2.04. The number of anilines is 2. The summed E-state index contributed by atoms with van der Waals surface area (Å²) in [7, 11) is 0. The van der Waals surface area contributed by atoms with Crippen LogP contribution in [-0.4, -0.2) is 19.0 Å². The number of nitrogens with two attached hydrogens (primary N) is 1. The summed E-state index contributed by atoms with van der Waals surface area (Å²) in [6.45, 7) is 5.28. The van der Waals surface area contributed by atoms with Crippen LogP contribution >= 0.6 is 11.6 Å². The van der Waals surface area contributed by atoms with Crippen LogP contribution in [0.15, 0.2) is 12.1 Å². The van der Waals surface area contributed by atoms with Gasteiger partial charge >= 0.3 is 0 Å². The maximum absolute atomic E-state index is 11.4. The fourth-order valence-corrected chi connectivity index (χ4v) is 1.72. The van der Waals surface area contributed by atoms with E-state index in [1.54, 1.807) is 6.07 Å². The minimum Gasteiger partial charge on any atom is -0.398 e. The molecule has 1 amide bonds. The van der Waals surface area contributed by atoms with Crippen LogP contribution in [0.3, 0.4) is 0 Å². The molecule has 0 spiro atoms. The Balaban J connectivity index is 2.44. The molecule has 4 nitrogen and oxygen atoms in total. The molecule has 1 rings (SSSR count). The normalized spacial score (nSPS) is 10.2. The zero-order chi connectivity index (χ0) is 13.5. The van der Waals surface area contributed by atoms with Crippen molar-refractivity contribution in [3.05, 3.63) is 22.7 Å². The lowest BCUT2D eigenvalue weighted by molar-refractivity contribution is -0.120. The van der Waals surface area contributed by atoms with Gasteiger partial charge in [-0.15, -0.1) is 0 Å². The predicted octanol–water partition coefficient (Wildman–Crippen LogP) is 2.56. The first-order chi connectivity index (χ1) is 8.54. The van der Waals surface area contributed by atoms with Gasteiger partial charge in [-0.3, -0.25) is 4.79 Å². The lowest BCUT2D eigenvalue weighted by Crippen LogP contribution is -2.25. The van der Waals surface area contributed by atoms with E-state index < -0.39 is 0 Å². The number of nitrogens with one attached hydrogen (secondary N) is 2. The second kappa shape index (κ2) is 7.11. The van der Waals surface area contributed by atoms with E-state index in [0.29, 0.717) is 23.7 Å². The molecule has 0 bridgehead atoms. The summed E-state index contributed by atoms with van der Waals surface area (Å²) in [5.41, 5.74) is 8.20. The van der Waals surface area contributed by atoms with E-state index in [2.05, 4.69) is 10.6 Å². The van der Waals surface area contributed by atoms with Crippen LogP contribution in [0.4, 0.5) is 11.4 Å². The summed E-state index contributed by atoms with van der Waals surface area (Å²) in [5, 5.41) is 6.54. The van der Waals surface area contributed by atoms with E-state index in [-0.39, 0.29) is 5.91 Å². The SMILES string of the molecule is CCCNC(=O)CCNc1cc(Cl)c(N)cc1C. The van der Waals surface area contributed by atoms with Crippen molar-refractivity contribution in [3.8, 4) is 0 Å². The van der Waals surface area contributed by atoms with E-state index in [0.717, 1.165) is 24.2 Å². The molecular formula is C13H20ClN3O. The van der Waals surface area contributed by atoms with Crippen LogP contribution in [0, 0.1) is 6.92 Å². The fraction of sp³-hybridized carbons (Fsp3) is 0.462. The van der Waals surface area contributed by atoms with Crippen LogP contribution in [0.25, 0.3) is 0 Å². The Kier molecular flexibility index (Phi) is 5.78. The van der Waals surface area contributed by atoms with Crippen molar-refractivity contribution in [3.63, 3.8) is 0 Å². The molecule has 0 saturated carbocycles. The maximum Gasteiger partial charge on any atom is 0.221 e. The molecule has 1 aromatic rings. The summed E-state index contributed by atoms with van der Waals surface area (Å²) in [6, 6.07) is 3.61. The Labute approximate surface area is 113 Å². The number of rotatable bonds is 6. The van der Waals surface area contributed by atoms with Gasteiger partial charge in [0.05, 0.1) is 10.7 Å². The van der Waals surface area contributed by atoms with Crippen LogP contribution in [0.5, 0.6) is 0 Å². The Bertz CT molecular complexity index is 421. The number of hydrogen-bond acceptors (Lipinski definition) is 3. The molecule has 0 aliphatic rings. The maximum atomic E-state index is 11.4. The molecule has 0 fully saturated rings. The first kappa shape index (κ1) is 14.6. The second-order valence-electron chi connectivity index (χ2n) is 4.22. The van der Waals surface area contributed by atoms with E-state index in [1.165, 1.54) is 0 Å². The Morgan fingerprint density at radius 3 is 2.78 bits per heavy atom. The Morgan fingerprint density at radius 2 is 2.11 bits per heavy atom. The third-order valence-electron chi connectivity index (χ3n) is 2.58. The number of halogens is 1. The van der Waals surface area contributed by atoms with Crippen molar-refractivity contribution in [2.45, 2.75) is 26.7 Å². The monoisotopic (exact) mass is 269 g/mol. The quantitative estimate of drug-likeness (QED) is 0.696.